The summed E-state index contributed by atoms with van der Waals surface area (Å²) >= 11 is 37.7. The molecule has 0 spiro atoms. The molecule has 0 saturated heterocycles. The minimum Gasteiger partial charge on any atom is -0.341 e. The molecule has 4 aromatic heterocycles. The number of nitrogens with two attached hydrogens (primary N) is 1. The number of carbonyl (C=O) groups is 3. The second-order valence-corrected chi connectivity index (χ2v) is 26.4. The van der Waals surface area contributed by atoms with Crippen molar-refractivity contribution in [3.05, 3.63) is 343 Å². The number of azide groups is 1. The first kappa shape index (κ1) is 84.1. The van der Waals surface area contributed by atoms with E-state index in [9.17, 15) is 36.3 Å². The standard InChI is InChI=1S/C23H16ClFN4S.C15H10ClFN2S.C9H8BrFO.C9H8FN3O.C9H10FNO.C8H7ClN2.C7H4ClNS/c24-16-7-11-18(12-8-16)29-21(15-5-9-17(25)10-6-15)13-26-23(29)30-14-22-27-19-3-1-2-4-20(19)28-22;16-11-3-7-13(8-4-11)19-14(9-18-15(19)20)10-1-5-12(17)6-2-10;10-6-5-9(12)7-1-3-8(11)4-2-7;10-8-3-1-7(2-4-8)9(14)5-6-12-13-11;10-8-3-1-7(2-4-8)9(12)5-6-11;9-5-8-10-6-3-1-2-4-7(6)11-8;8-6-1-3-7(4-2-6)9-5-10/h1-13H,14H2,(H,27,28);1-9H,(H,18,20);1-4H,5-6H2;1-4H,5-6H2;1-4H,5-6,11H2;1-4H,5H2,(H,10,11);1-4H. The molecular weight excluding hydrogens is 1600 g/mol. The molecule has 0 aliphatic rings. The average Bonchev–Trinajstić information content (AvgIpc) is 1.67. The van der Waals surface area contributed by atoms with Crippen LogP contribution in [0, 0.1) is 33.9 Å². The third-order valence-electron chi connectivity index (χ3n) is 15.0. The first-order valence-corrected chi connectivity index (χ1v) is 37.3. The Morgan fingerprint density at radius 2 is 0.963 bits per heavy atom. The highest BCUT2D eigenvalue weighted by atomic mass is 79.9. The number of H-pyrrole nitrogens is 3. The Hall–Kier alpha value is -10.5. The van der Waals surface area contributed by atoms with Gasteiger partial charge in [-0.1, -0.05) is 91.9 Å². The van der Waals surface area contributed by atoms with Crippen molar-refractivity contribution in [3.63, 3.8) is 0 Å². The number of carbonyl (C=O) groups excluding carboxylic acids is 3. The van der Waals surface area contributed by atoms with Crippen LogP contribution in [0.4, 0.5) is 27.6 Å². The number of aliphatic imine (C=N–C) groups is 1. The first-order valence-electron chi connectivity index (χ1n) is 32.7. The number of hydrogen-bond acceptors (Lipinski definition) is 12. The van der Waals surface area contributed by atoms with Gasteiger partial charge in [-0.25, -0.2) is 36.9 Å². The van der Waals surface area contributed by atoms with Crippen LogP contribution >= 0.6 is 98.5 Å². The number of halogens is 10. The summed E-state index contributed by atoms with van der Waals surface area (Å²) in [7, 11) is 0. The molecule has 554 valence electrons. The Kier molecular flexibility index (Phi) is 34.0. The summed E-state index contributed by atoms with van der Waals surface area (Å²) in [4.78, 5) is 63.0. The molecule has 109 heavy (non-hydrogen) atoms. The van der Waals surface area contributed by atoms with Gasteiger partial charge in [0.25, 0.3) is 0 Å². The molecule has 0 saturated carbocycles. The van der Waals surface area contributed by atoms with Crippen LogP contribution in [0.2, 0.25) is 15.1 Å². The fourth-order valence-electron chi connectivity index (χ4n) is 9.75. The maximum atomic E-state index is 13.4. The van der Waals surface area contributed by atoms with E-state index in [-0.39, 0.29) is 59.4 Å². The Morgan fingerprint density at radius 1 is 0.550 bits per heavy atom. The highest BCUT2D eigenvalue weighted by Gasteiger charge is 2.17. The fourth-order valence-corrected chi connectivity index (χ4v) is 11.8. The number of alkyl halides is 2. The molecule has 4 heterocycles. The molecular formula is C80H63BrCl4F5N13O3S3. The van der Waals surface area contributed by atoms with Gasteiger partial charge in [0.2, 0.25) is 0 Å². The SMILES string of the molecule is ClCc1nc2ccccc2[nH]1.Fc1ccc(-c2c[nH]c(=S)n2-c2ccc(Cl)cc2)cc1.Fc1ccc(-c2cnc(SCc3nc4ccccc4[nH]3)n2-c2ccc(Cl)cc2)cc1.NCCC(=O)c1ccc(F)cc1.O=C(CCBr)c1ccc(F)cc1.S=C=Nc1ccc(Cl)cc1.[N-]=[N+]=NCCC(=O)c1ccc(F)cc1. The summed E-state index contributed by atoms with van der Waals surface area (Å²) < 4.78 is 68.3. The van der Waals surface area contributed by atoms with E-state index in [0.717, 1.165) is 78.4 Å². The molecule has 0 unspecified atom stereocenters. The van der Waals surface area contributed by atoms with Crippen LogP contribution in [0.15, 0.2) is 270 Å². The van der Waals surface area contributed by atoms with Gasteiger partial charge in [0.15, 0.2) is 27.3 Å². The number of rotatable bonds is 19. The monoisotopic (exact) mass is 1660 g/mol. The quantitative estimate of drug-likeness (QED) is 0.00688. The Morgan fingerprint density at radius 3 is 1.40 bits per heavy atom. The maximum absolute atomic E-state index is 13.4. The van der Waals surface area contributed by atoms with Gasteiger partial charge in [0.1, 0.15) is 40.7 Å². The summed E-state index contributed by atoms with van der Waals surface area (Å²) in [6, 6.07) is 66.9. The lowest BCUT2D eigenvalue weighted by Crippen LogP contribution is -2.07. The van der Waals surface area contributed by atoms with E-state index in [1.807, 2.05) is 102 Å². The van der Waals surface area contributed by atoms with Crippen LogP contribution in [-0.2, 0) is 11.6 Å². The van der Waals surface area contributed by atoms with Gasteiger partial charge in [0.05, 0.1) is 62.1 Å². The largest absolute Gasteiger partial charge is 0.341 e. The summed E-state index contributed by atoms with van der Waals surface area (Å²) in [5, 5.41) is 9.00. The third kappa shape index (κ3) is 26.7. The predicted molar refractivity (Wildman–Crippen MR) is 436 cm³/mol. The van der Waals surface area contributed by atoms with Gasteiger partial charge in [-0.15, -0.1) is 11.6 Å². The second-order valence-electron chi connectivity index (χ2n) is 22.5. The molecule has 0 atom stereocenters. The number of aromatic nitrogens is 8. The number of para-hydroxylation sites is 4. The topological polar surface area (TPSA) is 234 Å². The number of thioether (sulfide) groups is 1. The van der Waals surface area contributed by atoms with Crippen LogP contribution in [0.5, 0.6) is 0 Å². The van der Waals surface area contributed by atoms with E-state index in [4.69, 9.17) is 69.9 Å². The van der Waals surface area contributed by atoms with Crippen molar-refractivity contribution < 1.29 is 36.3 Å². The highest BCUT2D eigenvalue weighted by molar-refractivity contribution is 9.09. The first-order chi connectivity index (χ1) is 52.8. The lowest BCUT2D eigenvalue weighted by atomic mass is 10.1. The lowest BCUT2D eigenvalue weighted by molar-refractivity contribution is 0.0977. The van der Waals surface area contributed by atoms with Gasteiger partial charge in [0, 0.05) is 96.5 Å². The lowest BCUT2D eigenvalue weighted by Gasteiger charge is -2.12. The van der Waals surface area contributed by atoms with Crippen molar-refractivity contribution in [2.75, 3.05) is 18.4 Å². The number of aromatic amines is 3. The van der Waals surface area contributed by atoms with Gasteiger partial charge in [-0.05, 0) is 255 Å². The molecule has 10 aromatic carbocycles. The summed E-state index contributed by atoms with van der Waals surface area (Å²) in [6.45, 7) is 0.461. The second kappa shape index (κ2) is 44.1. The van der Waals surface area contributed by atoms with Crippen molar-refractivity contribution in [2.45, 2.75) is 36.1 Å². The third-order valence-corrected chi connectivity index (χ3v) is 17.8. The van der Waals surface area contributed by atoms with Crippen LogP contribution in [0.3, 0.4) is 0 Å². The van der Waals surface area contributed by atoms with Crippen LogP contribution < -0.4 is 5.73 Å². The molecule has 0 aliphatic heterocycles. The van der Waals surface area contributed by atoms with Crippen LogP contribution in [0.1, 0.15) is 62.0 Å². The van der Waals surface area contributed by atoms with Crippen molar-refractivity contribution in [1.29, 1.82) is 0 Å². The van der Waals surface area contributed by atoms with E-state index in [2.05, 4.69) is 82.8 Å². The van der Waals surface area contributed by atoms with E-state index >= 15 is 0 Å². The number of thiocarbonyl (C=S) groups is 1. The molecule has 14 rings (SSSR count). The summed E-state index contributed by atoms with van der Waals surface area (Å²) in [5.41, 5.74) is 24.8. The molecule has 0 fully saturated rings. The Labute approximate surface area is 666 Å². The van der Waals surface area contributed by atoms with E-state index in [1.54, 1.807) is 72.4 Å². The van der Waals surface area contributed by atoms with Crippen molar-refractivity contribution >= 4 is 149 Å². The molecule has 14 aromatic rings. The minimum absolute atomic E-state index is 0.0341. The normalized spacial score (nSPS) is 10.3. The Balaban J connectivity index is 0.000000167. The number of isothiocyanates is 1. The number of ketones is 3. The maximum Gasteiger partial charge on any atom is 0.182 e. The minimum atomic E-state index is -0.378. The van der Waals surface area contributed by atoms with Crippen LogP contribution in [-0.4, -0.2) is 80.0 Å². The van der Waals surface area contributed by atoms with Gasteiger partial charge in [-0.2, -0.15) is 4.99 Å². The van der Waals surface area contributed by atoms with Crippen LogP contribution in [0.25, 0.3) is 66.4 Å². The summed E-state index contributed by atoms with van der Waals surface area (Å²) in [6.07, 6.45) is 4.53. The molecule has 0 amide bonds. The number of Topliss-reactive ketones (excluding diaryl/α,β-unsaturated/α-hetero) is 3. The molecule has 29 heteroatoms. The number of benzene rings is 10. The number of fused-ring (bicyclic) bond motifs is 2. The number of imidazole rings is 4. The number of nitrogens with one attached hydrogen (secondary N) is 3. The summed E-state index contributed by atoms with van der Waals surface area (Å²) in [5.74, 6) is 1.07. The van der Waals surface area contributed by atoms with Gasteiger partial charge in [-0.3, -0.25) is 23.5 Å². The van der Waals surface area contributed by atoms with Gasteiger partial charge >= 0.3 is 0 Å². The van der Waals surface area contributed by atoms with Crippen molar-refractivity contribution in [3.8, 4) is 33.9 Å². The smallest absolute Gasteiger partial charge is 0.182 e. The predicted octanol–water partition coefficient (Wildman–Crippen LogP) is 23.7. The molecule has 5 N–H and O–H groups in total. The number of hydrogen-bond donors (Lipinski definition) is 4. The van der Waals surface area contributed by atoms with E-state index < -0.39 is 0 Å². The molecule has 16 nitrogen and oxygen atoms in total. The van der Waals surface area contributed by atoms with Gasteiger partial charge < -0.3 is 20.7 Å². The van der Waals surface area contributed by atoms with E-state index in [1.165, 1.54) is 97.1 Å². The molecule has 0 aliphatic carbocycles. The average molecular weight is 1670 g/mol. The zero-order valence-corrected chi connectivity index (χ0v) is 64.3. The fraction of sp³-hybridized carbons (Fsp3) is 0.100. The highest BCUT2D eigenvalue weighted by Crippen LogP contribution is 2.33. The van der Waals surface area contributed by atoms with Crippen molar-refractivity contribution in [2.24, 2.45) is 15.8 Å². The molecule has 0 radical (unpaired) electrons. The zero-order chi connectivity index (χ0) is 78.0. The van der Waals surface area contributed by atoms with Crippen molar-refractivity contribution in [1.82, 2.24) is 39.0 Å². The molecule has 0 bridgehead atoms. The number of nitrogens with zero attached hydrogens (tertiary/aromatic N) is 9. The van der Waals surface area contributed by atoms with E-state index in [0.29, 0.717) is 72.9 Å². The zero-order valence-electron chi connectivity index (χ0n) is 57.2. The Bertz CT molecular complexity index is 5290.